The fourth-order valence-corrected chi connectivity index (χ4v) is 2.54. The van der Waals surface area contributed by atoms with E-state index in [1.165, 1.54) is 0 Å². The number of nitrogens with one attached hydrogen (secondary N) is 1. The number of anilines is 1. The molecule has 6 heteroatoms. The lowest BCUT2D eigenvalue weighted by molar-refractivity contribution is 0.890. The van der Waals surface area contributed by atoms with Crippen molar-refractivity contribution in [2.24, 2.45) is 5.84 Å². The van der Waals surface area contributed by atoms with Gasteiger partial charge < -0.3 is 5.43 Å². The highest BCUT2D eigenvalue weighted by atomic mass is 32.1. The van der Waals surface area contributed by atoms with Crippen LogP contribution in [0.1, 0.15) is 34.7 Å². The van der Waals surface area contributed by atoms with Crippen LogP contribution in [0, 0.1) is 13.8 Å². The minimum atomic E-state index is 0.643. The summed E-state index contributed by atoms with van der Waals surface area (Å²) in [4.78, 5) is 13.4. The Bertz CT molecular complexity index is 549. The molecule has 0 aliphatic heterocycles. The first-order valence-corrected chi connectivity index (χ1v) is 6.76. The molecule has 5 nitrogen and oxygen atoms in total. The summed E-state index contributed by atoms with van der Waals surface area (Å²) in [5.41, 5.74) is 5.69. The minimum absolute atomic E-state index is 0.643. The molecule has 0 unspecified atom stereocenters. The number of hydrogen-bond donors (Lipinski definition) is 2. The van der Waals surface area contributed by atoms with Crippen LogP contribution in [-0.2, 0) is 12.8 Å². The van der Waals surface area contributed by atoms with Crippen LogP contribution in [0.2, 0.25) is 0 Å². The van der Waals surface area contributed by atoms with Gasteiger partial charge in [-0.05, 0) is 20.3 Å². The number of hydrazine groups is 1. The van der Waals surface area contributed by atoms with Gasteiger partial charge in [0.2, 0.25) is 0 Å². The second-order valence-corrected chi connectivity index (χ2v) is 5.15. The van der Waals surface area contributed by atoms with Gasteiger partial charge in [0, 0.05) is 16.6 Å². The van der Waals surface area contributed by atoms with Gasteiger partial charge in [-0.15, -0.1) is 11.3 Å². The molecule has 0 aromatic carbocycles. The molecule has 0 saturated carbocycles. The van der Waals surface area contributed by atoms with E-state index in [1.54, 1.807) is 11.3 Å². The smallest absolute Gasteiger partial charge is 0.147 e. The van der Waals surface area contributed by atoms with Crippen LogP contribution in [0.3, 0.4) is 0 Å². The Morgan fingerprint density at radius 3 is 2.61 bits per heavy atom. The lowest BCUT2D eigenvalue weighted by atomic mass is 10.1. The predicted octanol–water partition coefficient (Wildman–Crippen LogP) is 1.99. The molecule has 0 radical (unpaired) electrons. The van der Waals surface area contributed by atoms with E-state index >= 15 is 0 Å². The van der Waals surface area contributed by atoms with E-state index in [1.807, 2.05) is 19.2 Å². The van der Waals surface area contributed by atoms with Gasteiger partial charge in [-0.2, -0.15) is 0 Å². The molecular weight excluding hydrogens is 246 g/mol. The summed E-state index contributed by atoms with van der Waals surface area (Å²) in [5, 5.41) is 3.10. The molecular formula is C12H17N5S. The predicted molar refractivity (Wildman–Crippen MR) is 73.6 cm³/mol. The van der Waals surface area contributed by atoms with Gasteiger partial charge in [-0.25, -0.2) is 20.8 Å². The van der Waals surface area contributed by atoms with E-state index in [4.69, 9.17) is 5.84 Å². The van der Waals surface area contributed by atoms with Crippen molar-refractivity contribution in [3.8, 4) is 0 Å². The average Bonchev–Trinajstić information content (AvgIpc) is 2.74. The summed E-state index contributed by atoms with van der Waals surface area (Å²) in [6.07, 6.45) is 1.51. The zero-order valence-corrected chi connectivity index (χ0v) is 11.6. The Kier molecular flexibility index (Phi) is 3.88. The molecule has 0 amide bonds. The third-order valence-electron chi connectivity index (χ3n) is 2.76. The molecule has 0 fully saturated rings. The SMILES string of the molecule is CCc1c(C)nc(Cc2csc(C)n2)nc1NN. The van der Waals surface area contributed by atoms with Crippen LogP contribution in [0.4, 0.5) is 5.82 Å². The van der Waals surface area contributed by atoms with Crippen molar-refractivity contribution in [1.29, 1.82) is 0 Å². The highest BCUT2D eigenvalue weighted by Crippen LogP contribution is 2.18. The van der Waals surface area contributed by atoms with E-state index in [0.717, 1.165) is 34.2 Å². The van der Waals surface area contributed by atoms with E-state index in [9.17, 15) is 0 Å². The lowest BCUT2D eigenvalue weighted by Crippen LogP contribution is -2.14. The number of aryl methyl sites for hydroxylation is 2. The monoisotopic (exact) mass is 263 g/mol. The normalized spacial score (nSPS) is 10.7. The number of hydrogen-bond acceptors (Lipinski definition) is 6. The molecule has 3 N–H and O–H groups in total. The Morgan fingerprint density at radius 1 is 1.28 bits per heavy atom. The van der Waals surface area contributed by atoms with Crippen molar-refractivity contribution in [3.63, 3.8) is 0 Å². The first-order valence-electron chi connectivity index (χ1n) is 5.88. The first kappa shape index (κ1) is 12.9. The number of nitrogens with two attached hydrogens (primary N) is 1. The number of thiazole rings is 1. The van der Waals surface area contributed by atoms with Crippen LogP contribution >= 0.6 is 11.3 Å². The van der Waals surface area contributed by atoms with Crippen LogP contribution < -0.4 is 11.3 Å². The summed E-state index contributed by atoms with van der Waals surface area (Å²) in [6.45, 7) is 6.04. The topological polar surface area (TPSA) is 76.7 Å². The molecule has 0 atom stereocenters. The fraction of sp³-hybridized carbons (Fsp3) is 0.417. The minimum Gasteiger partial charge on any atom is -0.308 e. The zero-order chi connectivity index (χ0) is 13.1. The summed E-state index contributed by atoms with van der Waals surface area (Å²) in [6, 6.07) is 0. The molecule has 2 heterocycles. The van der Waals surface area contributed by atoms with E-state index in [-0.39, 0.29) is 0 Å². The van der Waals surface area contributed by atoms with Gasteiger partial charge >= 0.3 is 0 Å². The maximum absolute atomic E-state index is 5.51. The molecule has 96 valence electrons. The van der Waals surface area contributed by atoms with Crippen LogP contribution in [0.15, 0.2) is 5.38 Å². The quantitative estimate of drug-likeness (QED) is 0.651. The van der Waals surface area contributed by atoms with Gasteiger partial charge in [-0.1, -0.05) is 6.92 Å². The van der Waals surface area contributed by atoms with Crippen molar-refractivity contribution in [2.75, 3.05) is 5.43 Å². The average molecular weight is 263 g/mol. The summed E-state index contributed by atoms with van der Waals surface area (Å²) >= 11 is 1.64. The van der Waals surface area contributed by atoms with Crippen molar-refractivity contribution in [1.82, 2.24) is 15.0 Å². The Labute approximate surface area is 110 Å². The third kappa shape index (κ3) is 2.65. The van der Waals surface area contributed by atoms with Crippen LogP contribution in [0.5, 0.6) is 0 Å². The standard InChI is InChI=1S/C12H17N5S/c1-4-10-7(2)14-11(16-12(10)17-13)5-9-6-18-8(3)15-9/h6H,4-5,13H2,1-3H3,(H,14,16,17). The highest BCUT2D eigenvalue weighted by Gasteiger charge is 2.10. The van der Waals surface area contributed by atoms with Gasteiger partial charge in [0.1, 0.15) is 11.6 Å². The maximum atomic E-state index is 5.51. The van der Waals surface area contributed by atoms with E-state index < -0.39 is 0 Å². The molecule has 2 rings (SSSR count). The van der Waals surface area contributed by atoms with Crippen LogP contribution in [0.25, 0.3) is 0 Å². The Morgan fingerprint density at radius 2 is 2.06 bits per heavy atom. The molecule has 0 saturated heterocycles. The largest absolute Gasteiger partial charge is 0.308 e. The van der Waals surface area contributed by atoms with Gasteiger partial charge in [0.15, 0.2) is 0 Å². The van der Waals surface area contributed by atoms with Crippen LogP contribution in [-0.4, -0.2) is 15.0 Å². The third-order valence-corrected chi connectivity index (χ3v) is 3.58. The summed E-state index contributed by atoms with van der Waals surface area (Å²) < 4.78 is 0. The summed E-state index contributed by atoms with van der Waals surface area (Å²) in [5.74, 6) is 6.98. The molecule has 18 heavy (non-hydrogen) atoms. The second-order valence-electron chi connectivity index (χ2n) is 4.08. The van der Waals surface area contributed by atoms with Gasteiger partial charge in [-0.3, -0.25) is 0 Å². The Hall–Kier alpha value is -1.53. The van der Waals surface area contributed by atoms with E-state index in [2.05, 4.69) is 27.3 Å². The lowest BCUT2D eigenvalue weighted by Gasteiger charge is -2.10. The number of nitrogens with zero attached hydrogens (tertiary/aromatic N) is 3. The van der Waals surface area contributed by atoms with Crippen molar-refractivity contribution in [3.05, 3.63) is 33.2 Å². The van der Waals surface area contributed by atoms with E-state index in [0.29, 0.717) is 12.2 Å². The van der Waals surface area contributed by atoms with Crippen molar-refractivity contribution < 1.29 is 0 Å². The molecule has 2 aromatic rings. The van der Waals surface area contributed by atoms with Gasteiger partial charge in [0.25, 0.3) is 0 Å². The number of nitrogen functional groups attached to an aromatic ring is 1. The number of aromatic nitrogens is 3. The second kappa shape index (κ2) is 5.41. The first-order chi connectivity index (χ1) is 8.63. The number of rotatable bonds is 4. The zero-order valence-electron chi connectivity index (χ0n) is 10.8. The van der Waals surface area contributed by atoms with Gasteiger partial charge in [0.05, 0.1) is 17.1 Å². The maximum Gasteiger partial charge on any atom is 0.147 e. The van der Waals surface area contributed by atoms with Crippen molar-refractivity contribution >= 4 is 17.2 Å². The molecule has 2 aromatic heterocycles. The fourth-order valence-electron chi connectivity index (χ4n) is 1.93. The molecule has 0 bridgehead atoms. The molecule has 0 spiro atoms. The summed E-state index contributed by atoms with van der Waals surface area (Å²) in [7, 11) is 0. The molecule has 0 aliphatic rings. The highest BCUT2D eigenvalue weighted by molar-refractivity contribution is 7.09. The molecule has 0 aliphatic carbocycles. The Balaban J connectivity index is 2.31. The van der Waals surface area contributed by atoms with Crippen molar-refractivity contribution in [2.45, 2.75) is 33.6 Å².